The number of amides is 1. The first-order valence-electron chi connectivity index (χ1n) is 8.61. The first-order chi connectivity index (χ1) is 13.0. The second-order valence-corrected chi connectivity index (χ2v) is 5.93. The molecule has 0 saturated heterocycles. The predicted molar refractivity (Wildman–Crippen MR) is 101 cm³/mol. The molecule has 0 heterocycles. The van der Waals surface area contributed by atoms with Gasteiger partial charge in [-0.25, -0.2) is 0 Å². The molecule has 8 heteroatoms. The summed E-state index contributed by atoms with van der Waals surface area (Å²) in [5.74, 6) is 0.536. The van der Waals surface area contributed by atoms with Crippen LogP contribution in [0, 0.1) is 10.1 Å². The Morgan fingerprint density at radius 1 is 1.11 bits per heavy atom. The van der Waals surface area contributed by atoms with Crippen LogP contribution in [0.5, 0.6) is 5.75 Å². The van der Waals surface area contributed by atoms with Crippen molar-refractivity contribution in [3.8, 4) is 5.75 Å². The van der Waals surface area contributed by atoms with E-state index in [0.29, 0.717) is 30.9 Å². The van der Waals surface area contributed by atoms with Crippen molar-refractivity contribution in [1.82, 2.24) is 10.6 Å². The third-order valence-corrected chi connectivity index (χ3v) is 3.70. The Hall–Kier alpha value is -2.97. The number of benzene rings is 2. The fraction of sp³-hybridized carbons (Fsp3) is 0.316. The molecule has 0 aliphatic heterocycles. The highest BCUT2D eigenvalue weighted by molar-refractivity contribution is 5.78. The average molecular weight is 373 g/mol. The highest BCUT2D eigenvalue weighted by Gasteiger charge is 2.08. The van der Waals surface area contributed by atoms with E-state index >= 15 is 0 Å². The molecule has 27 heavy (non-hydrogen) atoms. The van der Waals surface area contributed by atoms with Crippen molar-refractivity contribution >= 4 is 11.6 Å². The average Bonchev–Trinajstić information content (AvgIpc) is 2.67. The maximum Gasteiger partial charge on any atom is 0.269 e. The number of nitro groups is 1. The van der Waals surface area contributed by atoms with Gasteiger partial charge >= 0.3 is 0 Å². The number of nitrogens with one attached hydrogen (secondary N) is 2. The van der Waals surface area contributed by atoms with E-state index in [1.807, 2.05) is 30.3 Å². The molecule has 144 valence electrons. The van der Waals surface area contributed by atoms with Crippen LogP contribution in [-0.2, 0) is 11.2 Å². The molecule has 0 spiro atoms. The van der Waals surface area contributed by atoms with E-state index in [0.717, 1.165) is 0 Å². The Labute approximate surface area is 157 Å². The summed E-state index contributed by atoms with van der Waals surface area (Å²) in [5.41, 5.74) is 0.706. The Morgan fingerprint density at radius 2 is 1.81 bits per heavy atom. The second kappa shape index (κ2) is 10.9. The van der Waals surface area contributed by atoms with Gasteiger partial charge in [0, 0.05) is 31.8 Å². The van der Waals surface area contributed by atoms with Crippen LogP contribution < -0.4 is 15.4 Å². The minimum atomic E-state index is -0.652. The molecule has 0 aliphatic rings. The fourth-order valence-corrected chi connectivity index (χ4v) is 2.31. The molecule has 1 amide bonds. The third-order valence-electron chi connectivity index (χ3n) is 3.70. The summed E-state index contributed by atoms with van der Waals surface area (Å²) < 4.78 is 5.45. The van der Waals surface area contributed by atoms with Gasteiger partial charge in [-0.3, -0.25) is 14.9 Å². The minimum absolute atomic E-state index is 0.00170. The van der Waals surface area contributed by atoms with Crippen LogP contribution in [0.25, 0.3) is 0 Å². The highest BCUT2D eigenvalue weighted by Crippen LogP contribution is 2.12. The summed E-state index contributed by atoms with van der Waals surface area (Å²) in [6.07, 6.45) is -0.494. The van der Waals surface area contributed by atoms with Crippen molar-refractivity contribution in [3.05, 3.63) is 70.3 Å². The van der Waals surface area contributed by atoms with Gasteiger partial charge in [-0.2, -0.15) is 0 Å². The third kappa shape index (κ3) is 7.85. The Morgan fingerprint density at radius 3 is 2.48 bits per heavy atom. The molecule has 0 saturated carbocycles. The van der Waals surface area contributed by atoms with Gasteiger partial charge in [-0.1, -0.05) is 30.3 Å². The molecule has 2 aromatic rings. The standard InChI is InChI=1S/C19H23N3O5/c23-17(14-27-18-4-2-1-3-5-18)13-20-10-11-21-19(24)12-15-6-8-16(9-7-15)22(25)26/h1-9,17,20,23H,10-14H2,(H,21,24)/t17-/m0/s1. The van der Waals surface area contributed by atoms with Crippen LogP contribution >= 0.6 is 0 Å². The van der Waals surface area contributed by atoms with E-state index in [2.05, 4.69) is 10.6 Å². The van der Waals surface area contributed by atoms with Gasteiger partial charge in [0.1, 0.15) is 18.5 Å². The quantitative estimate of drug-likeness (QED) is 0.311. The molecule has 3 N–H and O–H groups in total. The number of hydrogen-bond donors (Lipinski definition) is 3. The maximum atomic E-state index is 11.8. The fourth-order valence-electron chi connectivity index (χ4n) is 2.31. The van der Waals surface area contributed by atoms with E-state index in [-0.39, 0.29) is 24.6 Å². The number of nitro benzene ring substituents is 1. The number of non-ortho nitro benzene ring substituents is 1. The lowest BCUT2D eigenvalue weighted by Crippen LogP contribution is -2.37. The number of hydrogen-bond acceptors (Lipinski definition) is 6. The number of carbonyl (C=O) groups is 1. The van der Waals surface area contributed by atoms with Crippen LogP contribution in [0.2, 0.25) is 0 Å². The maximum absolute atomic E-state index is 11.8. The monoisotopic (exact) mass is 373 g/mol. The van der Waals surface area contributed by atoms with Gasteiger partial charge in [0.05, 0.1) is 11.3 Å². The molecule has 0 radical (unpaired) electrons. The number of rotatable bonds is 11. The number of ether oxygens (including phenoxy) is 1. The van der Waals surface area contributed by atoms with Gasteiger partial charge in [-0.05, 0) is 17.7 Å². The molecular formula is C19H23N3O5. The topological polar surface area (TPSA) is 114 Å². The lowest BCUT2D eigenvalue weighted by atomic mass is 10.1. The zero-order valence-corrected chi connectivity index (χ0v) is 14.8. The second-order valence-electron chi connectivity index (χ2n) is 5.93. The molecular weight excluding hydrogens is 350 g/mol. The molecule has 0 fully saturated rings. The van der Waals surface area contributed by atoms with Crippen molar-refractivity contribution in [3.63, 3.8) is 0 Å². The van der Waals surface area contributed by atoms with E-state index in [4.69, 9.17) is 4.74 Å². The summed E-state index contributed by atoms with van der Waals surface area (Å²) in [4.78, 5) is 22.0. The number of carbonyl (C=O) groups excluding carboxylic acids is 1. The number of nitrogens with zero attached hydrogens (tertiary/aromatic N) is 1. The molecule has 0 aliphatic carbocycles. The summed E-state index contributed by atoms with van der Waals surface area (Å²) in [5, 5.41) is 26.2. The SMILES string of the molecule is O=C(Cc1ccc([N+](=O)[O-])cc1)NCCNC[C@H](O)COc1ccccc1. The van der Waals surface area contributed by atoms with Gasteiger partial charge in [0.15, 0.2) is 0 Å². The van der Waals surface area contributed by atoms with Crippen molar-refractivity contribution < 1.29 is 19.6 Å². The predicted octanol–water partition coefficient (Wildman–Crippen LogP) is 1.28. The highest BCUT2D eigenvalue weighted by atomic mass is 16.6. The van der Waals surface area contributed by atoms with Crippen LogP contribution in [0.1, 0.15) is 5.56 Å². The minimum Gasteiger partial charge on any atom is -0.491 e. The molecule has 0 aromatic heterocycles. The summed E-state index contributed by atoms with van der Waals surface area (Å²) in [7, 11) is 0. The number of aliphatic hydroxyl groups excluding tert-OH is 1. The smallest absolute Gasteiger partial charge is 0.269 e. The Bertz CT molecular complexity index is 722. The first kappa shape index (κ1) is 20.3. The molecule has 8 nitrogen and oxygen atoms in total. The molecule has 0 bridgehead atoms. The van der Waals surface area contributed by atoms with E-state index in [1.54, 1.807) is 12.1 Å². The van der Waals surface area contributed by atoms with Gasteiger partial charge in [0.2, 0.25) is 5.91 Å². The van der Waals surface area contributed by atoms with Crippen molar-refractivity contribution in [1.29, 1.82) is 0 Å². The lowest BCUT2D eigenvalue weighted by Gasteiger charge is -2.13. The van der Waals surface area contributed by atoms with Crippen LogP contribution in [0.3, 0.4) is 0 Å². The normalized spacial score (nSPS) is 11.6. The zero-order valence-electron chi connectivity index (χ0n) is 14.8. The lowest BCUT2D eigenvalue weighted by molar-refractivity contribution is -0.384. The van der Waals surface area contributed by atoms with Crippen LogP contribution in [0.4, 0.5) is 5.69 Å². The summed E-state index contributed by atoms with van der Waals surface area (Å²) >= 11 is 0. The Balaban J connectivity index is 1.55. The molecule has 2 aromatic carbocycles. The molecule has 2 rings (SSSR count). The zero-order chi connectivity index (χ0) is 19.5. The van der Waals surface area contributed by atoms with Crippen molar-refractivity contribution in [2.75, 3.05) is 26.2 Å². The Kier molecular flexibility index (Phi) is 8.21. The van der Waals surface area contributed by atoms with E-state index < -0.39 is 11.0 Å². The number of para-hydroxylation sites is 1. The van der Waals surface area contributed by atoms with Crippen molar-refractivity contribution in [2.24, 2.45) is 0 Å². The van der Waals surface area contributed by atoms with E-state index in [9.17, 15) is 20.0 Å². The first-order valence-corrected chi connectivity index (χ1v) is 8.61. The largest absolute Gasteiger partial charge is 0.491 e. The van der Waals surface area contributed by atoms with Crippen molar-refractivity contribution in [2.45, 2.75) is 12.5 Å². The van der Waals surface area contributed by atoms with E-state index in [1.165, 1.54) is 12.1 Å². The summed E-state index contributed by atoms with van der Waals surface area (Å²) in [6, 6.07) is 15.1. The molecule has 1 atom stereocenters. The van der Waals surface area contributed by atoms with Gasteiger partial charge in [-0.15, -0.1) is 0 Å². The van der Waals surface area contributed by atoms with Gasteiger partial charge in [0.25, 0.3) is 5.69 Å². The molecule has 0 unspecified atom stereocenters. The summed E-state index contributed by atoms with van der Waals surface area (Å²) in [6.45, 7) is 1.46. The van der Waals surface area contributed by atoms with Gasteiger partial charge < -0.3 is 20.5 Å². The van der Waals surface area contributed by atoms with Crippen LogP contribution in [-0.4, -0.2) is 48.3 Å². The van der Waals surface area contributed by atoms with Crippen LogP contribution in [0.15, 0.2) is 54.6 Å². The number of aliphatic hydroxyl groups is 1.